The van der Waals surface area contributed by atoms with Gasteiger partial charge in [-0.3, -0.25) is 9.59 Å². The summed E-state index contributed by atoms with van der Waals surface area (Å²) in [5.74, 6) is -1.42. The Morgan fingerprint density at radius 1 is 1.06 bits per heavy atom. The smallest absolute Gasteiger partial charge is 0.407 e. The topological polar surface area (TPSA) is 118 Å². The van der Waals surface area contributed by atoms with Crippen LogP contribution in [0.15, 0.2) is 53.9 Å². The Morgan fingerprint density at radius 2 is 1.69 bits per heavy atom. The Labute approximate surface area is 207 Å². The number of rotatable bonds is 9. The van der Waals surface area contributed by atoms with Crippen molar-refractivity contribution in [1.82, 2.24) is 15.6 Å². The lowest BCUT2D eigenvalue weighted by Crippen LogP contribution is -2.45. The highest BCUT2D eigenvalue weighted by Crippen LogP contribution is 2.44. The average molecular weight is 494 g/mol. The van der Waals surface area contributed by atoms with Crippen LogP contribution in [0.1, 0.15) is 52.8 Å². The number of hydrogen-bond donors (Lipinski definition) is 3. The summed E-state index contributed by atoms with van der Waals surface area (Å²) in [7, 11) is 0. The van der Waals surface area contributed by atoms with E-state index in [1.807, 2.05) is 24.3 Å². The Morgan fingerprint density at radius 3 is 2.31 bits per heavy atom. The molecule has 0 saturated carbocycles. The molecule has 0 radical (unpaired) electrons. The van der Waals surface area contributed by atoms with Gasteiger partial charge in [0.1, 0.15) is 12.3 Å². The van der Waals surface area contributed by atoms with Gasteiger partial charge in [0.2, 0.25) is 0 Å². The second-order valence-corrected chi connectivity index (χ2v) is 9.98. The molecule has 4 rings (SSSR count). The maximum atomic E-state index is 12.4. The molecule has 0 aliphatic heterocycles. The molecule has 0 fully saturated rings. The van der Waals surface area contributed by atoms with Crippen LogP contribution in [0, 0.1) is 0 Å². The van der Waals surface area contributed by atoms with Gasteiger partial charge in [0.05, 0.1) is 11.4 Å². The number of amides is 2. The molecular weight excluding hydrogens is 466 g/mol. The summed E-state index contributed by atoms with van der Waals surface area (Å²) in [6.07, 6.45) is -0.253. The summed E-state index contributed by atoms with van der Waals surface area (Å²) >= 11 is 1.31. The first kappa shape index (κ1) is 24.4. The second kappa shape index (κ2) is 10.3. The van der Waals surface area contributed by atoms with Gasteiger partial charge in [-0.1, -0.05) is 48.5 Å². The van der Waals surface area contributed by atoms with E-state index in [2.05, 4.69) is 39.9 Å². The summed E-state index contributed by atoms with van der Waals surface area (Å²) in [6, 6.07) is 16.3. The Bertz CT molecular complexity index is 1210. The van der Waals surface area contributed by atoms with Crippen LogP contribution >= 0.6 is 11.3 Å². The fraction of sp³-hybridized carbons (Fsp3) is 0.308. The van der Waals surface area contributed by atoms with E-state index in [0.29, 0.717) is 18.0 Å². The molecule has 0 unspecified atom stereocenters. The molecule has 1 heterocycles. The molecule has 1 aliphatic carbocycles. The zero-order chi connectivity index (χ0) is 25.0. The van der Waals surface area contributed by atoms with Gasteiger partial charge in [-0.15, -0.1) is 11.3 Å². The Balaban J connectivity index is 1.25. The van der Waals surface area contributed by atoms with Gasteiger partial charge < -0.3 is 20.5 Å². The Kier molecular flexibility index (Phi) is 7.16. The number of aromatic nitrogens is 1. The van der Waals surface area contributed by atoms with Crippen molar-refractivity contribution in [2.75, 3.05) is 13.2 Å². The zero-order valence-electron chi connectivity index (χ0n) is 19.5. The maximum absolute atomic E-state index is 12.4. The van der Waals surface area contributed by atoms with Gasteiger partial charge in [-0.05, 0) is 36.1 Å². The van der Waals surface area contributed by atoms with Crippen LogP contribution in [0.4, 0.5) is 4.79 Å². The van der Waals surface area contributed by atoms with E-state index >= 15 is 0 Å². The maximum Gasteiger partial charge on any atom is 0.407 e. The molecule has 3 aromatic rings. The number of nitrogens with zero attached hydrogens (tertiary/aromatic N) is 1. The van der Waals surface area contributed by atoms with Crippen LogP contribution in [0.2, 0.25) is 0 Å². The number of carbonyl (C=O) groups is 3. The molecule has 0 atom stereocenters. The molecule has 1 aliphatic rings. The number of carbonyl (C=O) groups excluding carboxylic acids is 2. The van der Waals surface area contributed by atoms with Crippen LogP contribution in [0.3, 0.4) is 0 Å². The van der Waals surface area contributed by atoms with Crippen LogP contribution in [0.5, 0.6) is 0 Å². The van der Waals surface area contributed by atoms with E-state index in [1.165, 1.54) is 22.5 Å². The van der Waals surface area contributed by atoms with E-state index < -0.39 is 23.5 Å². The lowest BCUT2D eigenvalue weighted by atomic mass is 9.98. The SMILES string of the molecule is CC(C)(CC(=O)O)NC(=O)c1csc(CCNC(=O)OCC2c3ccccc3-c3ccccc32)n1. The van der Waals surface area contributed by atoms with Crippen molar-refractivity contribution < 1.29 is 24.2 Å². The van der Waals surface area contributed by atoms with Crippen LogP contribution in [-0.2, 0) is 16.0 Å². The summed E-state index contributed by atoms with van der Waals surface area (Å²) in [4.78, 5) is 39.9. The normalized spacial score (nSPS) is 12.5. The summed E-state index contributed by atoms with van der Waals surface area (Å²) in [5.41, 5.74) is 3.99. The Hall–Kier alpha value is -3.72. The van der Waals surface area contributed by atoms with Crippen molar-refractivity contribution in [2.24, 2.45) is 0 Å². The fourth-order valence-electron chi connectivity index (χ4n) is 4.24. The van der Waals surface area contributed by atoms with Crippen molar-refractivity contribution in [1.29, 1.82) is 0 Å². The molecule has 1 aromatic heterocycles. The molecule has 2 aromatic carbocycles. The molecule has 35 heavy (non-hydrogen) atoms. The molecular formula is C26H27N3O5S. The highest BCUT2D eigenvalue weighted by molar-refractivity contribution is 7.09. The number of benzene rings is 2. The number of fused-ring (bicyclic) bond motifs is 3. The number of carboxylic acid groups (broad SMARTS) is 1. The van der Waals surface area contributed by atoms with E-state index in [-0.39, 0.29) is 24.6 Å². The standard InChI is InChI=1S/C26H27N3O5S/c1-26(2,13-23(30)31)29-24(32)21-15-35-22(28-21)11-12-27-25(33)34-14-20-18-9-5-3-7-16(18)17-8-4-6-10-19(17)20/h3-10,15,20H,11-14H2,1-2H3,(H,27,33)(H,29,32)(H,30,31). The third kappa shape index (κ3) is 5.86. The van der Waals surface area contributed by atoms with E-state index in [4.69, 9.17) is 9.84 Å². The molecule has 3 N–H and O–H groups in total. The van der Waals surface area contributed by atoms with Crippen molar-refractivity contribution in [3.63, 3.8) is 0 Å². The predicted octanol–water partition coefficient (Wildman–Crippen LogP) is 4.21. The highest BCUT2D eigenvalue weighted by atomic mass is 32.1. The van der Waals surface area contributed by atoms with E-state index in [0.717, 1.165) is 11.1 Å². The van der Waals surface area contributed by atoms with Gasteiger partial charge in [0.15, 0.2) is 0 Å². The largest absolute Gasteiger partial charge is 0.481 e. The molecule has 0 bridgehead atoms. The van der Waals surface area contributed by atoms with Crippen molar-refractivity contribution in [3.05, 3.63) is 75.7 Å². The van der Waals surface area contributed by atoms with Crippen LogP contribution in [0.25, 0.3) is 11.1 Å². The number of aliphatic carboxylic acids is 1. The minimum absolute atomic E-state index is 0.00133. The third-order valence-corrected chi connectivity index (χ3v) is 6.69. The molecule has 0 saturated heterocycles. The average Bonchev–Trinajstić information content (AvgIpc) is 3.40. The van der Waals surface area contributed by atoms with Crippen LogP contribution < -0.4 is 10.6 Å². The summed E-state index contributed by atoms with van der Waals surface area (Å²) < 4.78 is 5.53. The fourth-order valence-corrected chi connectivity index (χ4v) is 5.02. The molecule has 2 amide bonds. The minimum Gasteiger partial charge on any atom is -0.481 e. The van der Waals surface area contributed by atoms with Crippen molar-refractivity contribution >= 4 is 29.3 Å². The van der Waals surface area contributed by atoms with Crippen LogP contribution in [-0.4, -0.2) is 46.8 Å². The first-order valence-electron chi connectivity index (χ1n) is 11.3. The molecule has 0 spiro atoms. The molecule has 9 heteroatoms. The predicted molar refractivity (Wildman–Crippen MR) is 133 cm³/mol. The first-order valence-corrected chi connectivity index (χ1v) is 12.2. The second-order valence-electron chi connectivity index (χ2n) is 9.04. The quantitative estimate of drug-likeness (QED) is 0.411. The van der Waals surface area contributed by atoms with Gasteiger partial charge in [-0.25, -0.2) is 9.78 Å². The zero-order valence-corrected chi connectivity index (χ0v) is 20.4. The number of ether oxygens (including phenoxy) is 1. The summed E-state index contributed by atoms with van der Waals surface area (Å²) in [6.45, 7) is 3.85. The first-order chi connectivity index (χ1) is 16.7. The number of nitrogens with one attached hydrogen (secondary N) is 2. The van der Waals surface area contributed by atoms with Crippen molar-refractivity contribution in [3.8, 4) is 11.1 Å². The number of thiazole rings is 1. The van der Waals surface area contributed by atoms with Gasteiger partial charge >= 0.3 is 12.1 Å². The number of carboxylic acids is 1. The molecule has 8 nitrogen and oxygen atoms in total. The number of hydrogen-bond acceptors (Lipinski definition) is 6. The number of alkyl carbamates (subject to hydrolysis) is 1. The van der Waals surface area contributed by atoms with Gasteiger partial charge in [-0.2, -0.15) is 0 Å². The highest BCUT2D eigenvalue weighted by Gasteiger charge is 2.29. The monoisotopic (exact) mass is 493 g/mol. The lowest BCUT2D eigenvalue weighted by Gasteiger charge is -2.23. The van der Waals surface area contributed by atoms with Gasteiger partial charge in [0.25, 0.3) is 5.91 Å². The van der Waals surface area contributed by atoms with E-state index in [9.17, 15) is 14.4 Å². The lowest BCUT2D eigenvalue weighted by molar-refractivity contribution is -0.138. The van der Waals surface area contributed by atoms with Crippen molar-refractivity contribution in [2.45, 2.75) is 38.1 Å². The molecule has 182 valence electrons. The van der Waals surface area contributed by atoms with E-state index in [1.54, 1.807) is 19.2 Å². The van der Waals surface area contributed by atoms with Gasteiger partial charge in [0, 0.05) is 29.8 Å². The minimum atomic E-state index is -0.992. The third-order valence-electron chi connectivity index (χ3n) is 5.78. The summed E-state index contributed by atoms with van der Waals surface area (Å²) in [5, 5.41) is 16.7.